The van der Waals surface area contributed by atoms with Gasteiger partial charge >= 0.3 is 0 Å². The van der Waals surface area contributed by atoms with Crippen LogP contribution in [-0.2, 0) is 5.54 Å². The third kappa shape index (κ3) is 2.30. The van der Waals surface area contributed by atoms with Crippen molar-refractivity contribution in [1.29, 1.82) is 0 Å². The van der Waals surface area contributed by atoms with Crippen molar-refractivity contribution >= 4 is 0 Å². The van der Waals surface area contributed by atoms with E-state index < -0.39 is 0 Å². The molecule has 17 heavy (non-hydrogen) atoms. The summed E-state index contributed by atoms with van der Waals surface area (Å²) in [7, 11) is 1.66. The van der Waals surface area contributed by atoms with Gasteiger partial charge in [0.25, 0.3) is 0 Å². The lowest BCUT2D eigenvalue weighted by Gasteiger charge is -2.22. The molecule has 0 N–H and O–H groups in total. The molecular weight excluding hydrogens is 214 g/mol. The molecular formula is C13H17N3O. The van der Waals surface area contributed by atoms with Crippen molar-refractivity contribution in [2.75, 3.05) is 7.11 Å². The Hall–Kier alpha value is -1.84. The molecule has 0 fully saturated rings. The Morgan fingerprint density at radius 2 is 1.76 bits per heavy atom. The van der Waals surface area contributed by atoms with Crippen LogP contribution in [0.5, 0.6) is 5.75 Å². The zero-order valence-electron chi connectivity index (χ0n) is 10.6. The number of hydrogen-bond acceptors (Lipinski definition) is 3. The minimum absolute atomic E-state index is 0.0290. The van der Waals surface area contributed by atoms with E-state index in [1.54, 1.807) is 13.4 Å². The summed E-state index contributed by atoms with van der Waals surface area (Å²) in [6.45, 7) is 6.39. The summed E-state index contributed by atoms with van der Waals surface area (Å²) >= 11 is 0. The molecule has 0 atom stereocenters. The summed E-state index contributed by atoms with van der Waals surface area (Å²) in [6.07, 6.45) is 1.76. The molecule has 4 nitrogen and oxygen atoms in total. The first-order valence-electron chi connectivity index (χ1n) is 5.57. The fraction of sp³-hybridized carbons (Fsp3) is 0.385. The predicted molar refractivity (Wildman–Crippen MR) is 67.0 cm³/mol. The first-order valence-corrected chi connectivity index (χ1v) is 5.57. The van der Waals surface area contributed by atoms with Crippen molar-refractivity contribution in [1.82, 2.24) is 14.8 Å². The quantitative estimate of drug-likeness (QED) is 0.797. The average Bonchev–Trinajstić information content (AvgIpc) is 2.78. The van der Waals surface area contributed by atoms with Crippen molar-refractivity contribution in [3.63, 3.8) is 0 Å². The Balaban J connectivity index is 2.43. The van der Waals surface area contributed by atoms with Gasteiger partial charge in [-0.05, 0) is 45.0 Å². The molecule has 0 bridgehead atoms. The summed E-state index contributed by atoms with van der Waals surface area (Å²) < 4.78 is 7.21. The number of hydrogen-bond donors (Lipinski definition) is 0. The standard InChI is InChI=1S/C13H17N3O/c1-13(2,3)16-9-14-15-12(16)10-5-7-11(17-4)8-6-10/h5-9H,1-4H3. The van der Waals surface area contributed by atoms with Crippen LogP contribution in [0.15, 0.2) is 30.6 Å². The third-order valence-corrected chi connectivity index (χ3v) is 2.62. The van der Waals surface area contributed by atoms with E-state index in [0.29, 0.717) is 0 Å². The van der Waals surface area contributed by atoms with Crippen LogP contribution in [-0.4, -0.2) is 21.9 Å². The molecule has 4 heteroatoms. The number of rotatable bonds is 2. The lowest BCUT2D eigenvalue weighted by atomic mass is 10.1. The lowest BCUT2D eigenvalue weighted by Crippen LogP contribution is -2.21. The van der Waals surface area contributed by atoms with Crippen molar-refractivity contribution in [3.8, 4) is 17.1 Å². The molecule has 0 saturated carbocycles. The number of methoxy groups -OCH3 is 1. The van der Waals surface area contributed by atoms with Crippen molar-refractivity contribution < 1.29 is 4.74 Å². The monoisotopic (exact) mass is 231 g/mol. The van der Waals surface area contributed by atoms with E-state index in [1.165, 1.54) is 0 Å². The molecule has 0 unspecified atom stereocenters. The molecule has 1 aromatic heterocycles. The maximum Gasteiger partial charge on any atom is 0.164 e. The highest BCUT2D eigenvalue weighted by atomic mass is 16.5. The molecule has 90 valence electrons. The van der Waals surface area contributed by atoms with Crippen molar-refractivity contribution in [3.05, 3.63) is 30.6 Å². The fourth-order valence-electron chi connectivity index (χ4n) is 1.66. The molecule has 0 aliphatic carbocycles. The normalized spacial score (nSPS) is 11.5. The highest BCUT2D eigenvalue weighted by Crippen LogP contribution is 2.25. The van der Waals surface area contributed by atoms with E-state index in [2.05, 4.69) is 35.5 Å². The van der Waals surface area contributed by atoms with E-state index in [0.717, 1.165) is 17.1 Å². The number of aromatic nitrogens is 3. The lowest BCUT2D eigenvalue weighted by molar-refractivity contribution is 0.399. The SMILES string of the molecule is COc1ccc(-c2nncn2C(C)(C)C)cc1. The highest BCUT2D eigenvalue weighted by molar-refractivity contribution is 5.56. The second-order valence-corrected chi connectivity index (χ2v) is 4.92. The van der Waals surface area contributed by atoms with Gasteiger partial charge in [-0.15, -0.1) is 10.2 Å². The van der Waals surface area contributed by atoms with Crippen LogP contribution in [0.2, 0.25) is 0 Å². The van der Waals surface area contributed by atoms with E-state index in [9.17, 15) is 0 Å². The van der Waals surface area contributed by atoms with Crippen LogP contribution in [0, 0.1) is 0 Å². The van der Waals surface area contributed by atoms with Gasteiger partial charge in [-0.25, -0.2) is 0 Å². The van der Waals surface area contributed by atoms with Gasteiger partial charge in [0.2, 0.25) is 0 Å². The topological polar surface area (TPSA) is 39.9 Å². The molecule has 0 amide bonds. The van der Waals surface area contributed by atoms with Crippen LogP contribution in [0.25, 0.3) is 11.4 Å². The first kappa shape index (κ1) is 11.6. The maximum absolute atomic E-state index is 5.14. The van der Waals surface area contributed by atoms with Crippen LogP contribution in [0.4, 0.5) is 0 Å². The Kier molecular flexibility index (Phi) is 2.88. The highest BCUT2D eigenvalue weighted by Gasteiger charge is 2.18. The van der Waals surface area contributed by atoms with Gasteiger partial charge in [0.05, 0.1) is 7.11 Å². The summed E-state index contributed by atoms with van der Waals surface area (Å²) in [5, 5.41) is 8.17. The third-order valence-electron chi connectivity index (χ3n) is 2.62. The summed E-state index contributed by atoms with van der Waals surface area (Å²) in [5.74, 6) is 1.72. The Morgan fingerprint density at radius 1 is 1.12 bits per heavy atom. The molecule has 0 radical (unpaired) electrons. The fourth-order valence-corrected chi connectivity index (χ4v) is 1.66. The minimum Gasteiger partial charge on any atom is -0.497 e. The van der Waals surface area contributed by atoms with E-state index >= 15 is 0 Å². The van der Waals surface area contributed by atoms with E-state index in [-0.39, 0.29) is 5.54 Å². The summed E-state index contributed by atoms with van der Waals surface area (Å²) in [5.41, 5.74) is 1.01. The maximum atomic E-state index is 5.14. The molecule has 2 rings (SSSR count). The first-order chi connectivity index (χ1) is 8.02. The Bertz CT molecular complexity index is 494. The van der Waals surface area contributed by atoms with Gasteiger partial charge in [0.15, 0.2) is 5.82 Å². The molecule has 0 aliphatic heterocycles. The molecule has 0 spiro atoms. The van der Waals surface area contributed by atoms with Crippen LogP contribution in [0.1, 0.15) is 20.8 Å². The Morgan fingerprint density at radius 3 is 2.29 bits per heavy atom. The zero-order valence-corrected chi connectivity index (χ0v) is 10.6. The summed E-state index contributed by atoms with van der Waals surface area (Å²) in [6, 6.07) is 7.84. The molecule has 0 saturated heterocycles. The van der Waals surface area contributed by atoms with Gasteiger partial charge < -0.3 is 9.30 Å². The molecule has 0 aliphatic rings. The number of benzene rings is 1. The minimum atomic E-state index is -0.0290. The second-order valence-electron chi connectivity index (χ2n) is 4.92. The molecule has 1 aromatic carbocycles. The molecule has 1 heterocycles. The van der Waals surface area contributed by atoms with E-state index in [1.807, 2.05) is 24.3 Å². The van der Waals surface area contributed by atoms with Crippen LogP contribution in [0.3, 0.4) is 0 Å². The second kappa shape index (κ2) is 4.20. The van der Waals surface area contributed by atoms with Gasteiger partial charge in [0.1, 0.15) is 12.1 Å². The van der Waals surface area contributed by atoms with Gasteiger partial charge in [-0.2, -0.15) is 0 Å². The largest absolute Gasteiger partial charge is 0.497 e. The number of nitrogens with zero attached hydrogens (tertiary/aromatic N) is 3. The van der Waals surface area contributed by atoms with E-state index in [4.69, 9.17) is 4.74 Å². The summed E-state index contributed by atoms with van der Waals surface area (Å²) in [4.78, 5) is 0. The smallest absolute Gasteiger partial charge is 0.164 e. The van der Waals surface area contributed by atoms with Crippen LogP contribution < -0.4 is 4.74 Å². The Labute approximate surface area is 101 Å². The average molecular weight is 231 g/mol. The van der Waals surface area contributed by atoms with Crippen LogP contribution >= 0.6 is 0 Å². The zero-order chi connectivity index (χ0) is 12.5. The van der Waals surface area contributed by atoms with Gasteiger partial charge in [-0.3, -0.25) is 0 Å². The van der Waals surface area contributed by atoms with Gasteiger partial charge in [-0.1, -0.05) is 0 Å². The van der Waals surface area contributed by atoms with Gasteiger partial charge in [0, 0.05) is 11.1 Å². The number of ether oxygens (including phenoxy) is 1. The predicted octanol–water partition coefficient (Wildman–Crippen LogP) is 2.71. The van der Waals surface area contributed by atoms with Crippen molar-refractivity contribution in [2.24, 2.45) is 0 Å². The molecule has 2 aromatic rings. The van der Waals surface area contributed by atoms with Crippen molar-refractivity contribution in [2.45, 2.75) is 26.3 Å².